The molecule has 1 amide bonds. The number of carbonyl (C=O) groups is 3. The number of Topliss-reactive ketones (excluding diaryl/α,β-unsaturated/α-hetero) is 1. The number of ether oxygens (including phenoxy) is 1. The Kier molecular flexibility index (Phi) is 4.59. The molecule has 0 saturated carbocycles. The highest BCUT2D eigenvalue weighted by atomic mass is 35.5. The second-order valence-electron chi connectivity index (χ2n) is 5.28. The van der Waals surface area contributed by atoms with Crippen LogP contribution < -0.4 is 5.32 Å². The minimum atomic E-state index is -0.952. The molecular weight excluding hydrogens is 354 g/mol. The van der Waals surface area contributed by atoms with Crippen molar-refractivity contribution in [2.45, 2.75) is 25.9 Å². The standard InChI is InChI=1S/C15H12ClN3O4S/c1-7(20)4-12-17-15(24-19-12)18-13(21)11-5-8-2-3-9(16)6-10(8)14(22)23-11/h2-3,6,11H,4-5H2,1H3,(H,17,18,19,21)/t11-/m1/s1. The Morgan fingerprint density at radius 3 is 3.00 bits per heavy atom. The van der Waals surface area contributed by atoms with Crippen LogP contribution >= 0.6 is 23.1 Å². The van der Waals surface area contributed by atoms with Crippen LogP contribution in [0.2, 0.25) is 5.02 Å². The molecule has 0 saturated heterocycles. The van der Waals surface area contributed by atoms with Crippen LogP contribution in [0.1, 0.15) is 28.7 Å². The summed E-state index contributed by atoms with van der Waals surface area (Å²) in [5.41, 5.74) is 1.07. The van der Waals surface area contributed by atoms with Gasteiger partial charge in [-0.1, -0.05) is 17.7 Å². The van der Waals surface area contributed by atoms with Crippen LogP contribution in [0.4, 0.5) is 5.13 Å². The molecule has 124 valence electrons. The fraction of sp³-hybridized carbons (Fsp3) is 0.267. The molecule has 0 unspecified atom stereocenters. The van der Waals surface area contributed by atoms with Gasteiger partial charge in [0.1, 0.15) is 5.78 Å². The minimum Gasteiger partial charge on any atom is -0.448 e. The summed E-state index contributed by atoms with van der Waals surface area (Å²) in [4.78, 5) is 39.4. The predicted molar refractivity (Wildman–Crippen MR) is 87.3 cm³/mol. The third kappa shape index (κ3) is 3.60. The number of halogens is 1. The van der Waals surface area contributed by atoms with Crippen LogP contribution in [0.25, 0.3) is 0 Å². The quantitative estimate of drug-likeness (QED) is 0.832. The number of nitrogens with one attached hydrogen (secondary N) is 1. The molecule has 3 rings (SSSR count). The number of esters is 1. The number of fused-ring (bicyclic) bond motifs is 1. The number of ketones is 1. The Balaban J connectivity index is 1.70. The summed E-state index contributed by atoms with van der Waals surface area (Å²) in [6, 6.07) is 4.88. The molecule has 9 heteroatoms. The van der Waals surface area contributed by atoms with Gasteiger partial charge in [-0.25, -0.2) is 9.78 Å². The second kappa shape index (κ2) is 6.66. The lowest BCUT2D eigenvalue weighted by Gasteiger charge is -2.23. The molecule has 0 radical (unpaired) electrons. The van der Waals surface area contributed by atoms with Gasteiger partial charge in [0.05, 0.1) is 12.0 Å². The maximum atomic E-state index is 12.3. The van der Waals surface area contributed by atoms with Crippen molar-refractivity contribution in [2.75, 3.05) is 5.32 Å². The molecule has 0 bridgehead atoms. The Morgan fingerprint density at radius 2 is 2.25 bits per heavy atom. The lowest BCUT2D eigenvalue weighted by molar-refractivity contribution is -0.125. The zero-order chi connectivity index (χ0) is 17.3. The van der Waals surface area contributed by atoms with Crippen LogP contribution in [0.15, 0.2) is 18.2 Å². The highest BCUT2D eigenvalue weighted by Gasteiger charge is 2.32. The Labute approximate surface area is 146 Å². The molecule has 0 aliphatic carbocycles. The van der Waals surface area contributed by atoms with Crippen molar-refractivity contribution in [1.82, 2.24) is 9.36 Å². The van der Waals surface area contributed by atoms with E-state index in [1.54, 1.807) is 12.1 Å². The molecule has 1 aliphatic heterocycles. The normalized spacial score (nSPS) is 16.2. The van der Waals surface area contributed by atoms with E-state index in [1.165, 1.54) is 13.0 Å². The zero-order valence-corrected chi connectivity index (χ0v) is 14.1. The van der Waals surface area contributed by atoms with Gasteiger partial charge in [0.25, 0.3) is 5.91 Å². The van der Waals surface area contributed by atoms with Gasteiger partial charge in [0.2, 0.25) is 5.13 Å². The van der Waals surface area contributed by atoms with Crippen molar-refractivity contribution in [2.24, 2.45) is 0 Å². The first-order valence-electron chi connectivity index (χ1n) is 7.04. The molecule has 1 atom stereocenters. The van der Waals surface area contributed by atoms with Gasteiger partial charge in [0, 0.05) is 23.0 Å². The summed E-state index contributed by atoms with van der Waals surface area (Å²) >= 11 is 6.83. The van der Waals surface area contributed by atoms with E-state index in [2.05, 4.69) is 14.7 Å². The number of amides is 1. The smallest absolute Gasteiger partial charge is 0.339 e. The van der Waals surface area contributed by atoms with Gasteiger partial charge >= 0.3 is 5.97 Å². The number of hydrogen-bond acceptors (Lipinski definition) is 7. The summed E-state index contributed by atoms with van der Waals surface area (Å²) in [7, 11) is 0. The first-order valence-corrected chi connectivity index (χ1v) is 8.20. The maximum Gasteiger partial charge on any atom is 0.339 e. The summed E-state index contributed by atoms with van der Waals surface area (Å²) in [6.07, 6.45) is -0.589. The van der Waals surface area contributed by atoms with Crippen LogP contribution in [0.3, 0.4) is 0 Å². The average molecular weight is 366 g/mol. The Hall–Kier alpha value is -2.32. The summed E-state index contributed by atoms with van der Waals surface area (Å²) < 4.78 is 9.15. The SMILES string of the molecule is CC(=O)Cc1nsc(NC(=O)[C@H]2Cc3ccc(Cl)cc3C(=O)O2)n1. The number of nitrogens with zero attached hydrogens (tertiary/aromatic N) is 2. The molecule has 24 heavy (non-hydrogen) atoms. The van der Waals surface area contributed by atoms with E-state index in [0.717, 1.165) is 11.5 Å². The van der Waals surface area contributed by atoms with Crippen molar-refractivity contribution in [3.63, 3.8) is 0 Å². The number of cyclic esters (lactones) is 1. The number of anilines is 1. The van der Waals surface area contributed by atoms with Gasteiger partial charge in [-0.3, -0.25) is 14.9 Å². The fourth-order valence-corrected chi connectivity index (χ4v) is 3.04. The van der Waals surface area contributed by atoms with Crippen LogP contribution in [-0.4, -0.2) is 33.1 Å². The van der Waals surface area contributed by atoms with E-state index in [-0.39, 0.29) is 23.8 Å². The topological polar surface area (TPSA) is 98.2 Å². The lowest BCUT2D eigenvalue weighted by Crippen LogP contribution is -2.38. The van der Waals surface area contributed by atoms with Gasteiger partial charge in [-0.2, -0.15) is 4.37 Å². The Morgan fingerprint density at radius 1 is 1.46 bits per heavy atom. The van der Waals surface area contributed by atoms with Gasteiger partial charge in [-0.05, 0) is 24.6 Å². The third-order valence-electron chi connectivity index (χ3n) is 3.34. The first-order chi connectivity index (χ1) is 11.4. The number of benzene rings is 1. The van der Waals surface area contributed by atoms with E-state index in [1.807, 2.05) is 0 Å². The minimum absolute atomic E-state index is 0.0674. The molecule has 2 aromatic rings. The molecule has 0 fully saturated rings. The Bertz CT molecular complexity index is 836. The van der Waals surface area contributed by atoms with Crippen LogP contribution in [0.5, 0.6) is 0 Å². The molecule has 2 heterocycles. The van der Waals surface area contributed by atoms with E-state index in [0.29, 0.717) is 22.0 Å². The van der Waals surface area contributed by atoms with Gasteiger partial charge in [0.15, 0.2) is 11.9 Å². The predicted octanol–water partition coefficient (Wildman–Crippen LogP) is 2.04. The highest BCUT2D eigenvalue weighted by molar-refractivity contribution is 7.09. The van der Waals surface area contributed by atoms with E-state index in [4.69, 9.17) is 16.3 Å². The second-order valence-corrected chi connectivity index (χ2v) is 6.47. The summed E-state index contributed by atoms with van der Waals surface area (Å²) in [5, 5.41) is 3.25. The van der Waals surface area contributed by atoms with Gasteiger partial charge < -0.3 is 4.74 Å². The van der Waals surface area contributed by atoms with E-state index < -0.39 is 18.0 Å². The van der Waals surface area contributed by atoms with E-state index in [9.17, 15) is 14.4 Å². The molecule has 1 aromatic heterocycles. The zero-order valence-electron chi connectivity index (χ0n) is 12.5. The van der Waals surface area contributed by atoms with Crippen molar-refractivity contribution >= 4 is 45.9 Å². The highest BCUT2D eigenvalue weighted by Crippen LogP contribution is 2.25. The van der Waals surface area contributed by atoms with E-state index >= 15 is 0 Å². The largest absolute Gasteiger partial charge is 0.448 e. The fourth-order valence-electron chi connectivity index (χ4n) is 2.28. The number of carbonyl (C=O) groups excluding carboxylic acids is 3. The monoisotopic (exact) mass is 365 g/mol. The lowest BCUT2D eigenvalue weighted by atomic mass is 9.98. The summed E-state index contributed by atoms with van der Waals surface area (Å²) in [6.45, 7) is 1.43. The van der Waals surface area contributed by atoms with Crippen molar-refractivity contribution in [3.8, 4) is 0 Å². The number of aromatic nitrogens is 2. The number of hydrogen-bond donors (Lipinski definition) is 1. The first kappa shape index (κ1) is 16.5. The average Bonchev–Trinajstić information content (AvgIpc) is 2.94. The molecular formula is C15H12ClN3O4S. The van der Waals surface area contributed by atoms with Crippen molar-refractivity contribution in [1.29, 1.82) is 0 Å². The molecule has 7 nitrogen and oxygen atoms in total. The molecule has 1 aliphatic rings. The van der Waals surface area contributed by atoms with Gasteiger partial charge in [-0.15, -0.1) is 0 Å². The molecule has 0 spiro atoms. The molecule has 1 aromatic carbocycles. The summed E-state index contributed by atoms with van der Waals surface area (Å²) in [5.74, 6) is -0.798. The van der Waals surface area contributed by atoms with Crippen LogP contribution in [-0.2, 0) is 27.2 Å². The van der Waals surface area contributed by atoms with Crippen molar-refractivity contribution < 1.29 is 19.1 Å². The maximum absolute atomic E-state index is 12.3. The van der Waals surface area contributed by atoms with Crippen LogP contribution in [0, 0.1) is 0 Å². The molecule has 1 N–H and O–H groups in total. The van der Waals surface area contributed by atoms with Crippen molar-refractivity contribution in [3.05, 3.63) is 40.2 Å². The number of rotatable bonds is 4. The third-order valence-corrected chi connectivity index (χ3v) is 4.25.